The largest absolute Gasteiger partial charge is 0.378 e. The van der Waals surface area contributed by atoms with Crippen molar-refractivity contribution in [3.63, 3.8) is 0 Å². The molecule has 1 heterocycles. The van der Waals surface area contributed by atoms with Crippen molar-refractivity contribution in [1.82, 2.24) is 10.6 Å². The predicted molar refractivity (Wildman–Crippen MR) is 89.5 cm³/mol. The maximum atomic E-state index is 12.1. The van der Waals surface area contributed by atoms with Crippen molar-refractivity contribution >= 4 is 16.8 Å². The van der Waals surface area contributed by atoms with E-state index in [0.717, 1.165) is 51.6 Å². The second kappa shape index (κ2) is 9.50. The van der Waals surface area contributed by atoms with Gasteiger partial charge >= 0.3 is 6.03 Å². The Kier molecular flexibility index (Phi) is 7.66. The number of rotatable bonds is 6. The van der Waals surface area contributed by atoms with Crippen molar-refractivity contribution < 1.29 is 13.7 Å². The van der Waals surface area contributed by atoms with E-state index in [1.165, 1.54) is 6.42 Å². The SMILES string of the molecule is CC[S@](=O)[C@@H]1CCCC[C@@H]1NC(=O)NCC[C@H]1CCCCO1. The summed E-state index contributed by atoms with van der Waals surface area (Å²) in [6, 6.07) is -0.0683. The monoisotopic (exact) mass is 330 g/mol. The van der Waals surface area contributed by atoms with Crippen molar-refractivity contribution in [2.75, 3.05) is 18.9 Å². The molecule has 1 saturated heterocycles. The zero-order valence-corrected chi connectivity index (χ0v) is 14.5. The Morgan fingerprint density at radius 3 is 2.68 bits per heavy atom. The van der Waals surface area contributed by atoms with Crippen LogP contribution in [0.5, 0.6) is 0 Å². The summed E-state index contributed by atoms with van der Waals surface area (Å²) in [6.45, 7) is 3.44. The third kappa shape index (κ3) is 5.54. The fourth-order valence-corrected chi connectivity index (χ4v) is 4.82. The maximum absolute atomic E-state index is 12.1. The first-order valence-corrected chi connectivity index (χ1v) is 10.1. The zero-order valence-electron chi connectivity index (χ0n) is 13.6. The van der Waals surface area contributed by atoms with Gasteiger partial charge in [0.05, 0.1) is 11.4 Å². The number of carbonyl (C=O) groups excluding carboxylic acids is 1. The van der Waals surface area contributed by atoms with Crippen LogP contribution in [0.25, 0.3) is 0 Å². The van der Waals surface area contributed by atoms with Crippen LogP contribution in [0.3, 0.4) is 0 Å². The summed E-state index contributed by atoms with van der Waals surface area (Å²) in [5.74, 6) is 0.670. The highest BCUT2D eigenvalue weighted by Gasteiger charge is 2.30. The van der Waals surface area contributed by atoms with E-state index in [0.29, 0.717) is 18.4 Å². The van der Waals surface area contributed by atoms with Crippen LogP contribution in [0.4, 0.5) is 4.79 Å². The van der Waals surface area contributed by atoms with Gasteiger partial charge in [0.15, 0.2) is 0 Å². The lowest BCUT2D eigenvalue weighted by molar-refractivity contribution is 0.0120. The average Bonchev–Trinajstić information content (AvgIpc) is 2.55. The number of ether oxygens (including phenoxy) is 1. The van der Waals surface area contributed by atoms with E-state index in [-0.39, 0.29) is 17.3 Å². The Morgan fingerprint density at radius 2 is 1.95 bits per heavy atom. The van der Waals surface area contributed by atoms with E-state index >= 15 is 0 Å². The second-order valence-electron chi connectivity index (χ2n) is 6.28. The lowest BCUT2D eigenvalue weighted by Gasteiger charge is -2.31. The predicted octanol–water partition coefficient (Wildman–Crippen LogP) is 2.32. The minimum atomic E-state index is -0.832. The van der Waals surface area contributed by atoms with Gasteiger partial charge < -0.3 is 15.4 Å². The summed E-state index contributed by atoms with van der Waals surface area (Å²) in [6.07, 6.45) is 8.78. The molecule has 22 heavy (non-hydrogen) atoms. The van der Waals surface area contributed by atoms with Gasteiger partial charge in [0.2, 0.25) is 0 Å². The lowest BCUT2D eigenvalue weighted by atomic mass is 9.95. The van der Waals surface area contributed by atoms with Crippen LogP contribution in [0.2, 0.25) is 0 Å². The molecule has 128 valence electrons. The van der Waals surface area contributed by atoms with Gasteiger partial charge in [-0.2, -0.15) is 0 Å². The van der Waals surface area contributed by atoms with Gasteiger partial charge in [0, 0.05) is 35.7 Å². The standard InChI is InChI=1S/C16H30N2O3S/c1-2-22(20)15-9-4-3-8-14(15)18-16(19)17-11-10-13-7-5-6-12-21-13/h13-15H,2-12H2,1H3,(H2,17,18,19)/t13-,14+,15-,22+/m1/s1. The molecule has 0 bridgehead atoms. The molecule has 0 unspecified atom stereocenters. The average molecular weight is 330 g/mol. The van der Waals surface area contributed by atoms with Crippen LogP contribution in [0.15, 0.2) is 0 Å². The lowest BCUT2D eigenvalue weighted by Crippen LogP contribution is -2.50. The molecule has 1 saturated carbocycles. The zero-order chi connectivity index (χ0) is 15.8. The summed E-state index contributed by atoms with van der Waals surface area (Å²) >= 11 is 0. The summed E-state index contributed by atoms with van der Waals surface area (Å²) in [4.78, 5) is 12.0. The summed E-state index contributed by atoms with van der Waals surface area (Å²) in [5, 5.41) is 6.08. The Hall–Kier alpha value is -0.620. The quantitative estimate of drug-likeness (QED) is 0.785. The van der Waals surface area contributed by atoms with Gasteiger partial charge in [-0.1, -0.05) is 19.8 Å². The Bertz CT molecular complexity index is 372. The first kappa shape index (κ1) is 17.7. The minimum Gasteiger partial charge on any atom is -0.378 e. The molecule has 2 aliphatic rings. The van der Waals surface area contributed by atoms with E-state index in [2.05, 4.69) is 10.6 Å². The number of nitrogens with one attached hydrogen (secondary N) is 2. The highest BCUT2D eigenvalue weighted by molar-refractivity contribution is 7.85. The van der Waals surface area contributed by atoms with Gasteiger partial charge in [-0.25, -0.2) is 4.79 Å². The molecule has 2 fully saturated rings. The molecule has 2 rings (SSSR count). The third-order valence-corrected chi connectivity index (χ3v) is 6.48. The molecule has 6 heteroatoms. The molecule has 1 aliphatic heterocycles. The molecule has 1 aliphatic carbocycles. The van der Waals surface area contributed by atoms with Gasteiger partial charge in [-0.3, -0.25) is 4.21 Å². The summed E-state index contributed by atoms with van der Waals surface area (Å²) < 4.78 is 17.8. The van der Waals surface area contributed by atoms with Crippen molar-refractivity contribution in [1.29, 1.82) is 0 Å². The van der Waals surface area contributed by atoms with Crippen LogP contribution in [-0.4, -0.2) is 46.5 Å². The number of amides is 2. The highest BCUT2D eigenvalue weighted by atomic mass is 32.2. The summed E-state index contributed by atoms with van der Waals surface area (Å²) in [7, 11) is -0.832. The topological polar surface area (TPSA) is 67.4 Å². The van der Waals surface area contributed by atoms with Crippen molar-refractivity contribution in [2.24, 2.45) is 0 Å². The molecule has 0 aromatic carbocycles. The number of carbonyl (C=O) groups is 1. The molecular weight excluding hydrogens is 300 g/mol. The van der Waals surface area contributed by atoms with E-state index in [1.807, 2.05) is 6.92 Å². The van der Waals surface area contributed by atoms with E-state index in [1.54, 1.807) is 0 Å². The van der Waals surface area contributed by atoms with Gasteiger partial charge in [-0.05, 0) is 38.5 Å². The molecule has 5 nitrogen and oxygen atoms in total. The van der Waals surface area contributed by atoms with E-state index in [4.69, 9.17) is 4.74 Å². The molecule has 2 amide bonds. The highest BCUT2D eigenvalue weighted by Crippen LogP contribution is 2.23. The van der Waals surface area contributed by atoms with E-state index < -0.39 is 10.8 Å². The molecular formula is C16H30N2O3S. The molecule has 0 radical (unpaired) electrons. The van der Waals surface area contributed by atoms with E-state index in [9.17, 15) is 9.00 Å². The van der Waals surface area contributed by atoms with Crippen molar-refractivity contribution in [3.8, 4) is 0 Å². The number of urea groups is 1. The van der Waals surface area contributed by atoms with Crippen LogP contribution in [0.1, 0.15) is 58.3 Å². The molecule has 2 N–H and O–H groups in total. The fourth-order valence-electron chi connectivity index (χ4n) is 3.39. The second-order valence-corrected chi connectivity index (χ2v) is 8.22. The minimum absolute atomic E-state index is 0.0560. The smallest absolute Gasteiger partial charge is 0.315 e. The molecule has 4 atom stereocenters. The summed E-state index contributed by atoms with van der Waals surface area (Å²) in [5.41, 5.74) is 0. The first-order chi connectivity index (χ1) is 10.7. The Balaban J connectivity index is 1.69. The van der Waals surface area contributed by atoms with Crippen molar-refractivity contribution in [3.05, 3.63) is 0 Å². The Morgan fingerprint density at radius 1 is 1.18 bits per heavy atom. The number of hydrogen-bond donors (Lipinski definition) is 2. The molecule has 0 aromatic heterocycles. The normalized spacial score (nSPS) is 30.5. The first-order valence-electron chi connectivity index (χ1n) is 8.74. The number of hydrogen-bond acceptors (Lipinski definition) is 3. The van der Waals surface area contributed by atoms with Gasteiger partial charge in [-0.15, -0.1) is 0 Å². The van der Waals surface area contributed by atoms with Crippen LogP contribution >= 0.6 is 0 Å². The maximum Gasteiger partial charge on any atom is 0.315 e. The van der Waals surface area contributed by atoms with Gasteiger partial charge in [0.1, 0.15) is 0 Å². The third-order valence-electron chi connectivity index (χ3n) is 4.67. The van der Waals surface area contributed by atoms with Crippen LogP contribution in [-0.2, 0) is 15.5 Å². The van der Waals surface area contributed by atoms with Crippen LogP contribution < -0.4 is 10.6 Å². The molecule has 0 aromatic rings. The van der Waals surface area contributed by atoms with Crippen molar-refractivity contribution in [2.45, 2.75) is 75.7 Å². The Labute approximate surface area is 136 Å². The van der Waals surface area contributed by atoms with Crippen LogP contribution in [0, 0.1) is 0 Å². The molecule has 0 spiro atoms. The fraction of sp³-hybridized carbons (Fsp3) is 0.938. The van der Waals surface area contributed by atoms with Gasteiger partial charge in [0.25, 0.3) is 0 Å².